The van der Waals surface area contributed by atoms with Crippen LogP contribution >= 0.6 is 11.6 Å². The third-order valence-corrected chi connectivity index (χ3v) is 8.39. The first-order chi connectivity index (χ1) is 18.6. The number of methoxy groups -OCH3 is 1. The molecule has 0 bridgehead atoms. The molecule has 202 valence electrons. The van der Waals surface area contributed by atoms with Crippen molar-refractivity contribution in [2.24, 2.45) is 5.92 Å². The number of carbonyl (C=O) groups excluding carboxylic acids is 1. The average molecular weight is 536 g/mol. The normalized spacial score (nSPS) is 16.9. The highest BCUT2D eigenvalue weighted by Crippen LogP contribution is 2.32. The van der Waals surface area contributed by atoms with Crippen LogP contribution in [0.1, 0.15) is 70.6 Å². The molecule has 1 amide bonds. The van der Waals surface area contributed by atoms with Crippen molar-refractivity contribution >= 4 is 17.5 Å². The lowest BCUT2D eigenvalue weighted by Crippen LogP contribution is -2.41. The van der Waals surface area contributed by atoms with E-state index in [1.807, 2.05) is 35.0 Å². The molecular formula is C30H38ClN5O2. The van der Waals surface area contributed by atoms with Gasteiger partial charge in [0, 0.05) is 42.5 Å². The van der Waals surface area contributed by atoms with Crippen LogP contribution in [0, 0.1) is 5.92 Å². The molecule has 0 saturated heterocycles. The molecule has 0 spiro atoms. The van der Waals surface area contributed by atoms with Gasteiger partial charge in [0.2, 0.25) is 5.91 Å². The minimum absolute atomic E-state index is 0.312. The van der Waals surface area contributed by atoms with Gasteiger partial charge in [0.05, 0.1) is 18.7 Å². The molecule has 2 saturated carbocycles. The van der Waals surface area contributed by atoms with E-state index in [-0.39, 0.29) is 0 Å². The molecule has 1 aromatic carbocycles. The molecule has 5 rings (SSSR count). The Bertz CT molecular complexity index is 1200. The Labute approximate surface area is 230 Å². The van der Waals surface area contributed by atoms with Gasteiger partial charge in [0.25, 0.3) is 0 Å². The van der Waals surface area contributed by atoms with Crippen LogP contribution in [0.2, 0.25) is 5.02 Å². The molecule has 0 unspecified atom stereocenters. The summed E-state index contributed by atoms with van der Waals surface area (Å²) in [5.74, 6) is 2.81. The summed E-state index contributed by atoms with van der Waals surface area (Å²) in [6, 6.07) is 9.81. The van der Waals surface area contributed by atoms with Gasteiger partial charge in [0.1, 0.15) is 5.75 Å². The molecule has 2 fully saturated rings. The lowest BCUT2D eigenvalue weighted by molar-refractivity contribution is -0.134. The largest absolute Gasteiger partial charge is 0.495 e. The number of hydrogen-bond donors (Lipinski definition) is 0. The van der Waals surface area contributed by atoms with E-state index in [0.29, 0.717) is 54.0 Å². The van der Waals surface area contributed by atoms with Crippen LogP contribution in [-0.2, 0) is 11.3 Å². The maximum atomic E-state index is 13.7. The smallest absolute Gasteiger partial charge is 0.223 e. The number of benzene rings is 1. The lowest BCUT2D eigenvalue weighted by atomic mass is 9.95. The lowest BCUT2D eigenvalue weighted by Gasteiger charge is -2.30. The van der Waals surface area contributed by atoms with Crippen LogP contribution in [-0.4, -0.2) is 50.3 Å². The second-order valence-corrected chi connectivity index (χ2v) is 11.1. The molecule has 2 heterocycles. The van der Waals surface area contributed by atoms with Crippen LogP contribution in [0.15, 0.2) is 42.7 Å². The average Bonchev–Trinajstić information content (AvgIpc) is 3.55. The molecule has 0 radical (unpaired) electrons. The standard InChI is InChI=1S/C30H38ClN5O2/c1-38-27-13-12-24(21-26(27)31)30-33-29(23-14-16-32-17-15-23)34-36(30)19-18-35(25-10-6-7-11-25)28(37)20-22-8-4-2-3-5-9-22/h12-17,21-22,25H,2-11,18-20H2,1H3. The first-order valence-electron chi connectivity index (χ1n) is 14.1. The number of amides is 1. The molecule has 0 aliphatic heterocycles. The van der Waals surface area contributed by atoms with E-state index >= 15 is 0 Å². The highest BCUT2D eigenvalue weighted by molar-refractivity contribution is 6.32. The maximum Gasteiger partial charge on any atom is 0.223 e. The fraction of sp³-hybridized carbons (Fsp3) is 0.533. The van der Waals surface area contributed by atoms with Crippen LogP contribution in [0.5, 0.6) is 5.75 Å². The van der Waals surface area contributed by atoms with Gasteiger partial charge in [-0.3, -0.25) is 9.78 Å². The van der Waals surface area contributed by atoms with Crippen molar-refractivity contribution in [1.82, 2.24) is 24.6 Å². The number of aromatic nitrogens is 4. The SMILES string of the molecule is COc1ccc(-c2nc(-c3ccncc3)nn2CCN(C(=O)CC2CCCCCC2)C2CCCC2)cc1Cl. The monoisotopic (exact) mass is 535 g/mol. The van der Waals surface area contributed by atoms with E-state index in [4.69, 9.17) is 26.4 Å². The molecule has 2 aromatic heterocycles. The quantitative estimate of drug-likeness (QED) is 0.282. The number of carbonyl (C=O) groups is 1. The van der Waals surface area contributed by atoms with E-state index in [2.05, 4.69) is 9.88 Å². The van der Waals surface area contributed by atoms with Gasteiger partial charge in [-0.1, -0.05) is 50.1 Å². The summed E-state index contributed by atoms with van der Waals surface area (Å²) >= 11 is 6.47. The summed E-state index contributed by atoms with van der Waals surface area (Å²) in [7, 11) is 1.61. The van der Waals surface area contributed by atoms with Gasteiger partial charge in [-0.2, -0.15) is 5.10 Å². The Morgan fingerprint density at radius 2 is 1.71 bits per heavy atom. The van der Waals surface area contributed by atoms with Gasteiger partial charge >= 0.3 is 0 Å². The summed E-state index contributed by atoms with van der Waals surface area (Å²) in [5.41, 5.74) is 1.76. The third kappa shape index (κ3) is 6.37. The predicted molar refractivity (Wildman–Crippen MR) is 150 cm³/mol. The van der Waals surface area contributed by atoms with Crippen LogP contribution in [0.4, 0.5) is 0 Å². The second-order valence-electron chi connectivity index (χ2n) is 10.7. The fourth-order valence-electron chi connectivity index (χ4n) is 6.00. The highest BCUT2D eigenvalue weighted by atomic mass is 35.5. The molecule has 2 aliphatic carbocycles. The minimum atomic E-state index is 0.312. The maximum absolute atomic E-state index is 13.7. The summed E-state index contributed by atoms with van der Waals surface area (Å²) in [4.78, 5) is 24.9. The summed E-state index contributed by atoms with van der Waals surface area (Å²) in [6.45, 7) is 1.20. The molecule has 0 N–H and O–H groups in total. The van der Waals surface area contributed by atoms with E-state index in [9.17, 15) is 4.79 Å². The van der Waals surface area contributed by atoms with Crippen molar-refractivity contribution in [1.29, 1.82) is 0 Å². The van der Waals surface area contributed by atoms with Crippen molar-refractivity contribution in [3.63, 3.8) is 0 Å². The van der Waals surface area contributed by atoms with E-state index < -0.39 is 0 Å². The van der Waals surface area contributed by atoms with Crippen LogP contribution in [0.25, 0.3) is 22.8 Å². The summed E-state index contributed by atoms with van der Waals surface area (Å²) in [6.07, 6.45) is 16.2. The van der Waals surface area contributed by atoms with Crippen LogP contribution < -0.4 is 4.74 Å². The number of nitrogens with zero attached hydrogens (tertiary/aromatic N) is 5. The molecule has 38 heavy (non-hydrogen) atoms. The van der Waals surface area contributed by atoms with Crippen molar-refractivity contribution < 1.29 is 9.53 Å². The van der Waals surface area contributed by atoms with Gasteiger partial charge < -0.3 is 9.64 Å². The number of pyridine rings is 1. The number of hydrogen-bond acceptors (Lipinski definition) is 5. The fourth-order valence-corrected chi connectivity index (χ4v) is 6.26. The second kappa shape index (κ2) is 12.7. The first-order valence-corrected chi connectivity index (χ1v) is 14.5. The van der Waals surface area contributed by atoms with E-state index in [1.165, 1.54) is 51.4 Å². The third-order valence-electron chi connectivity index (χ3n) is 8.10. The Morgan fingerprint density at radius 3 is 2.39 bits per heavy atom. The molecule has 2 aliphatic rings. The Kier molecular flexibility index (Phi) is 8.94. The van der Waals surface area contributed by atoms with Crippen molar-refractivity contribution in [3.05, 3.63) is 47.7 Å². The minimum Gasteiger partial charge on any atom is -0.495 e. The predicted octanol–water partition coefficient (Wildman–Crippen LogP) is 6.80. The molecule has 7 nitrogen and oxygen atoms in total. The number of halogens is 1. The zero-order chi connectivity index (χ0) is 26.3. The topological polar surface area (TPSA) is 73.1 Å². The van der Waals surface area contributed by atoms with E-state index in [0.717, 1.165) is 29.8 Å². The van der Waals surface area contributed by atoms with Gasteiger partial charge in [-0.05, 0) is 61.9 Å². The Hall–Kier alpha value is -2.93. The molecular weight excluding hydrogens is 498 g/mol. The number of ether oxygens (including phenoxy) is 1. The Morgan fingerprint density at radius 1 is 1.00 bits per heavy atom. The van der Waals surface area contributed by atoms with Crippen molar-refractivity contribution in [2.75, 3.05) is 13.7 Å². The van der Waals surface area contributed by atoms with Crippen LogP contribution in [0.3, 0.4) is 0 Å². The molecule has 0 atom stereocenters. The molecule has 3 aromatic rings. The highest BCUT2D eigenvalue weighted by Gasteiger charge is 2.29. The summed E-state index contributed by atoms with van der Waals surface area (Å²) < 4.78 is 7.27. The first kappa shape index (κ1) is 26.7. The van der Waals surface area contributed by atoms with E-state index in [1.54, 1.807) is 19.5 Å². The zero-order valence-corrected chi connectivity index (χ0v) is 23.1. The zero-order valence-electron chi connectivity index (χ0n) is 22.3. The van der Waals surface area contributed by atoms with Gasteiger partial charge in [-0.15, -0.1) is 0 Å². The Balaban J connectivity index is 1.40. The van der Waals surface area contributed by atoms with Gasteiger partial charge in [-0.25, -0.2) is 9.67 Å². The molecule has 8 heteroatoms. The van der Waals surface area contributed by atoms with Gasteiger partial charge in [0.15, 0.2) is 11.6 Å². The van der Waals surface area contributed by atoms with Crippen molar-refractivity contribution in [3.8, 4) is 28.5 Å². The summed E-state index contributed by atoms with van der Waals surface area (Å²) in [5, 5.41) is 5.40. The van der Waals surface area contributed by atoms with Crippen molar-refractivity contribution in [2.45, 2.75) is 83.2 Å². The number of rotatable bonds is 9.